The minimum atomic E-state index is -3.21. The Hall–Kier alpha value is -0.870. The lowest BCUT2D eigenvalue weighted by atomic mass is 10.1. The average Bonchev–Trinajstić information content (AvgIpc) is 2.28. The second-order valence-corrected chi connectivity index (χ2v) is 7.04. The molecule has 0 saturated carbocycles. The van der Waals surface area contributed by atoms with Gasteiger partial charge in [0.1, 0.15) is 0 Å². The Morgan fingerprint density at radius 2 is 1.94 bits per heavy atom. The van der Waals surface area contributed by atoms with Gasteiger partial charge in [0.2, 0.25) is 0 Å². The lowest BCUT2D eigenvalue weighted by Crippen LogP contribution is -2.39. The first-order valence-electron chi connectivity index (χ1n) is 6.39. The molecule has 0 bridgehead atoms. The van der Waals surface area contributed by atoms with Crippen LogP contribution in [0.25, 0.3) is 0 Å². The summed E-state index contributed by atoms with van der Waals surface area (Å²) >= 11 is 0. The highest BCUT2D eigenvalue weighted by Crippen LogP contribution is 2.16. The predicted octanol–water partition coefficient (Wildman–Crippen LogP) is 2.40. The van der Waals surface area contributed by atoms with Gasteiger partial charge in [0.05, 0.1) is 10.6 Å². The Labute approximate surface area is 111 Å². The summed E-state index contributed by atoms with van der Waals surface area (Å²) < 4.78 is 24.7. The van der Waals surface area contributed by atoms with Crippen LogP contribution in [0.4, 0.5) is 0 Å². The fourth-order valence-electron chi connectivity index (χ4n) is 1.89. The van der Waals surface area contributed by atoms with E-state index in [4.69, 9.17) is 0 Å². The summed E-state index contributed by atoms with van der Waals surface area (Å²) in [6.45, 7) is 8.77. The van der Waals surface area contributed by atoms with E-state index in [-0.39, 0.29) is 11.8 Å². The average molecular weight is 269 g/mol. The van der Waals surface area contributed by atoms with Crippen LogP contribution >= 0.6 is 0 Å². The summed E-state index contributed by atoms with van der Waals surface area (Å²) in [7, 11) is -3.21. The molecule has 1 rings (SSSR count). The van der Waals surface area contributed by atoms with Gasteiger partial charge in [-0.1, -0.05) is 32.9 Å². The molecule has 0 fully saturated rings. The summed E-state index contributed by atoms with van der Waals surface area (Å²) in [5.41, 5.74) is 0.973. The van der Waals surface area contributed by atoms with Gasteiger partial charge in [-0.3, -0.25) is 0 Å². The number of nitrogens with one attached hydrogen (secondary N) is 1. The molecule has 1 N–H and O–H groups in total. The minimum Gasteiger partial charge on any atom is -0.313 e. The third-order valence-electron chi connectivity index (χ3n) is 3.02. The molecule has 0 saturated heterocycles. The van der Waals surface area contributed by atoms with E-state index in [1.54, 1.807) is 18.2 Å². The predicted molar refractivity (Wildman–Crippen MR) is 75.5 cm³/mol. The van der Waals surface area contributed by atoms with Crippen molar-refractivity contribution in [1.29, 1.82) is 0 Å². The maximum atomic E-state index is 12.3. The van der Waals surface area contributed by atoms with E-state index in [0.29, 0.717) is 10.8 Å². The third-order valence-corrected chi connectivity index (χ3v) is 4.79. The van der Waals surface area contributed by atoms with Gasteiger partial charge in [-0.2, -0.15) is 0 Å². The molecule has 1 unspecified atom stereocenters. The molecular formula is C14H23NO2S. The van der Waals surface area contributed by atoms with Gasteiger partial charge in [-0.05, 0) is 37.1 Å². The molecule has 102 valence electrons. The summed E-state index contributed by atoms with van der Waals surface area (Å²) in [6.07, 6.45) is 0. The molecule has 18 heavy (non-hydrogen) atoms. The van der Waals surface area contributed by atoms with E-state index in [2.05, 4.69) is 5.32 Å². The molecule has 1 aromatic carbocycles. The van der Waals surface area contributed by atoms with Crippen molar-refractivity contribution in [2.45, 2.75) is 38.6 Å². The molecule has 0 aromatic heterocycles. The van der Waals surface area contributed by atoms with Crippen molar-refractivity contribution in [3.05, 3.63) is 29.8 Å². The quantitative estimate of drug-likeness (QED) is 0.862. The van der Waals surface area contributed by atoms with Crippen molar-refractivity contribution in [3.63, 3.8) is 0 Å². The van der Waals surface area contributed by atoms with Crippen LogP contribution in [0.15, 0.2) is 29.2 Å². The van der Waals surface area contributed by atoms with Gasteiger partial charge >= 0.3 is 0 Å². The third kappa shape index (κ3) is 4.10. The Bertz CT molecular complexity index is 480. The van der Waals surface area contributed by atoms with Gasteiger partial charge < -0.3 is 5.32 Å². The standard InChI is InChI=1S/C14H23NO2S/c1-5-15-14(11(2)3)10-18(16,17)13-8-6-7-12(4)9-13/h6-9,11,14-15H,5,10H2,1-4H3. The zero-order chi connectivity index (χ0) is 13.8. The molecule has 1 atom stereocenters. The first-order chi connectivity index (χ1) is 8.36. The lowest BCUT2D eigenvalue weighted by Gasteiger charge is -2.21. The summed E-state index contributed by atoms with van der Waals surface area (Å²) in [6, 6.07) is 7.11. The molecule has 4 heteroatoms. The highest BCUT2D eigenvalue weighted by atomic mass is 32.2. The van der Waals surface area contributed by atoms with Crippen molar-refractivity contribution in [1.82, 2.24) is 5.32 Å². The first-order valence-corrected chi connectivity index (χ1v) is 8.05. The fourth-order valence-corrected chi connectivity index (χ4v) is 3.71. The number of benzene rings is 1. The molecule has 0 radical (unpaired) electrons. The summed E-state index contributed by atoms with van der Waals surface area (Å²) in [5.74, 6) is 0.451. The van der Waals surface area contributed by atoms with E-state index in [1.165, 1.54) is 0 Å². The second kappa shape index (κ2) is 6.34. The molecule has 0 heterocycles. The Morgan fingerprint density at radius 1 is 1.28 bits per heavy atom. The Balaban J connectivity index is 2.93. The largest absolute Gasteiger partial charge is 0.313 e. The fraction of sp³-hybridized carbons (Fsp3) is 0.571. The number of hydrogen-bond donors (Lipinski definition) is 1. The van der Waals surface area contributed by atoms with Gasteiger partial charge in [0, 0.05) is 6.04 Å². The smallest absolute Gasteiger partial charge is 0.179 e. The Kier molecular flexibility index (Phi) is 5.35. The van der Waals surface area contributed by atoms with Gasteiger partial charge in [0.25, 0.3) is 0 Å². The van der Waals surface area contributed by atoms with Crippen LogP contribution in [-0.4, -0.2) is 26.8 Å². The SMILES string of the molecule is CCNC(CS(=O)(=O)c1cccc(C)c1)C(C)C. The van der Waals surface area contributed by atoms with E-state index >= 15 is 0 Å². The number of hydrogen-bond acceptors (Lipinski definition) is 3. The normalized spacial score (nSPS) is 13.8. The Morgan fingerprint density at radius 3 is 2.44 bits per heavy atom. The first kappa shape index (κ1) is 15.2. The maximum Gasteiger partial charge on any atom is 0.179 e. The summed E-state index contributed by atoms with van der Waals surface area (Å²) in [4.78, 5) is 0.422. The van der Waals surface area contributed by atoms with Crippen molar-refractivity contribution in [2.24, 2.45) is 5.92 Å². The maximum absolute atomic E-state index is 12.3. The van der Waals surface area contributed by atoms with E-state index in [9.17, 15) is 8.42 Å². The van der Waals surface area contributed by atoms with Crippen LogP contribution in [-0.2, 0) is 9.84 Å². The highest BCUT2D eigenvalue weighted by Gasteiger charge is 2.22. The van der Waals surface area contributed by atoms with Gasteiger partial charge in [0.15, 0.2) is 9.84 Å². The van der Waals surface area contributed by atoms with Crippen LogP contribution in [0.2, 0.25) is 0 Å². The zero-order valence-electron chi connectivity index (χ0n) is 11.6. The molecule has 0 spiro atoms. The topological polar surface area (TPSA) is 46.2 Å². The molecule has 0 amide bonds. The van der Waals surface area contributed by atoms with Crippen LogP contribution in [0.3, 0.4) is 0 Å². The van der Waals surface area contributed by atoms with Gasteiger partial charge in [-0.15, -0.1) is 0 Å². The van der Waals surface area contributed by atoms with E-state index in [0.717, 1.165) is 12.1 Å². The lowest BCUT2D eigenvalue weighted by molar-refractivity contribution is 0.435. The monoisotopic (exact) mass is 269 g/mol. The van der Waals surface area contributed by atoms with Crippen LogP contribution in [0.5, 0.6) is 0 Å². The molecule has 3 nitrogen and oxygen atoms in total. The highest BCUT2D eigenvalue weighted by molar-refractivity contribution is 7.91. The van der Waals surface area contributed by atoms with Gasteiger partial charge in [-0.25, -0.2) is 8.42 Å². The summed E-state index contributed by atoms with van der Waals surface area (Å²) in [5, 5.41) is 3.24. The van der Waals surface area contributed by atoms with Crippen molar-refractivity contribution in [3.8, 4) is 0 Å². The number of sulfone groups is 1. The van der Waals surface area contributed by atoms with Crippen molar-refractivity contribution < 1.29 is 8.42 Å². The van der Waals surface area contributed by atoms with Crippen LogP contribution in [0, 0.1) is 12.8 Å². The molecule has 0 aliphatic rings. The molecular weight excluding hydrogens is 246 g/mol. The number of aryl methyl sites for hydroxylation is 1. The van der Waals surface area contributed by atoms with E-state index < -0.39 is 9.84 Å². The van der Waals surface area contributed by atoms with Crippen LogP contribution in [0.1, 0.15) is 26.3 Å². The molecule has 0 aliphatic heterocycles. The second-order valence-electron chi connectivity index (χ2n) is 5.01. The van der Waals surface area contributed by atoms with Crippen LogP contribution < -0.4 is 5.32 Å². The van der Waals surface area contributed by atoms with E-state index in [1.807, 2.05) is 33.8 Å². The molecule has 1 aromatic rings. The minimum absolute atomic E-state index is 0.000474. The molecule has 0 aliphatic carbocycles. The van der Waals surface area contributed by atoms with Crippen molar-refractivity contribution >= 4 is 9.84 Å². The number of rotatable bonds is 6. The zero-order valence-corrected chi connectivity index (χ0v) is 12.4. The van der Waals surface area contributed by atoms with Crippen molar-refractivity contribution in [2.75, 3.05) is 12.3 Å².